The first-order chi connectivity index (χ1) is 11.3. The van der Waals surface area contributed by atoms with Crippen LogP contribution in [0.5, 0.6) is 0 Å². The second-order valence-corrected chi connectivity index (χ2v) is 5.87. The molecule has 0 aromatic carbocycles. The van der Waals surface area contributed by atoms with Gasteiger partial charge < -0.3 is 25.0 Å². The van der Waals surface area contributed by atoms with Crippen molar-refractivity contribution < 1.29 is 9.47 Å². The molecule has 7 heteroatoms. The molecule has 24 heavy (non-hydrogen) atoms. The van der Waals surface area contributed by atoms with Crippen molar-refractivity contribution in [1.29, 1.82) is 0 Å². The number of likely N-dealkylation sites (N-methyl/N-ethyl adjacent to an activating group) is 1. The zero-order valence-electron chi connectivity index (χ0n) is 15.7. The number of nitrogens with one attached hydrogen (secondary N) is 2. The molecule has 6 nitrogen and oxygen atoms in total. The molecule has 1 fully saturated rings. The topological polar surface area (TPSA) is 58.1 Å². The first-order valence-electron chi connectivity index (χ1n) is 9.20. The molecule has 0 aliphatic carbocycles. The average Bonchev–Trinajstić information content (AvgIpc) is 3.08. The standard InChI is InChI=1S/C17H36N4O2.HI/c1-4-18-17(20-10-11-21(5-2)6-3)19-9-7-12-22-14-16-8-13-23-15-16;/h16H,4-15H2,1-3H3,(H2,18,19,20);1H. The minimum atomic E-state index is 0. The van der Waals surface area contributed by atoms with Crippen molar-refractivity contribution in [1.82, 2.24) is 15.5 Å². The van der Waals surface area contributed by atoms with Gasteiger partial charge in [0.05, 0.1) is 13.2 Å². The van der Waals surface area contributed by atoms with E-state index in [0.717, 1.165) is 84.5 Å². The summed E-state index contributed by atoms with van der Waals surface area (Å²) < 4.78 is 11.0. The molecule has 0 aromatic rings. The first-order valence-corrected chi connectivity index (χ1v) is 9.20. The summed E-state index contributed by atoms with van der Waals surface area (Å²) in [6.45, 7) is 15.7. The molecular formula is C17H37IN4O2. The van der Waals surface area contributed by atoms with Crippen molar-refractivity contribution in [3.63, 3.8) is 0 Å². The predicted molar refractivity (Wildman–Crippen MR) is 112 cm³/mol. The number of aliphatic imine (C=N–C) groups is 1. The fraction of sp³-hybridized carbons (Fsp3) is 0.941. The van der Waals surface area contributed by atoms with Crippen LogP contribution in [0.2, 0.25) is 0 Å². The van der Waals surface area contributed by atoms with E-state index in [-0.39, 0.29) is 24.0 Å². The Bertz CT molecular complexity index is 309. The van der Waals surface area contributed by atoms with Gasteiger partial charge in [-0.25, -0.2) is 0 Å². The van der Waals surface area contributed by atoms with Crippen molar-refractivity contribution in [3.8, 4) is 0 Å². The molecule has 1 rings (SSSR count). The fourth-order valence-electron chi connectivity index (χ4n) is 2.54. The molecule has 1 heterocycles. The molecule has 1 unspecified atom stereocenters. The summed E-state index contributed by atoms with van der Waals surface area (Å²) in [4.78, 5) is 7.00. The third-order valence-electron chi connectivity index (χ3n) is 4.05. The van der Waals surface area contributed by atoms with Crippen LogP contribution in [0.25, 0.3) is 0 Å². The molecular weight excluding hydrogens is 419 g/mol. The Morgan fingerprint density at radius 2 is 2.04 bits per heavy atom. The van der Waals surface area contributed by atoms with Gasteiger partial charge in [0.2, 0.25) is 0 Å². The Morgan fingerprint density at radius 3 is 2.67 bits per heavy atom. The van der Waals surface area contributed by atoms with Crippen molar-refractivity contribution in [3.05, 3.63) is 0 Å². The maximum absolute atomic E-state index is 5.70. The summed E-state index contributed by atoms with van der Waals surface area (Å²) in [6, 6.07) is 0. The second-order valence-electron chi connectivity index (χ2n) is 5.87. The van der Waals surface area contributed by atoms with Crippen LogP contribution in [-0.2, 0) is 9.47 Å². The maximum Gasteiger partial charge on any atom is 0.191 e. The molecule has 0 saturated carbocycles. The summed E-state index contributed by atoms with van der Waals surface area (Å²) >= 11 is 0. The molecule has 0 radical (unpaired) electrons. The third kappa shape index (κ3) is 11.4. The number of guanidine groups is 1. The molecule has 0 aromatic heterocycles. The molecule has 1 atom stereocenters. The quantitative estimate of drug-likeness (QED) is 0.204. The number of hydrogen-bond acceptors (Lipinski definition) is 4. The highest BCUT2D eigenvalue weighted by atomic mass is 127. The Morgan fingerprint density at radius 1 is 1.25 bits per heavy atom. The Hall–Kier alpha value is -0.120. The lowest BCUT2D eigenvalue weighted by Crippen LogP contribution is -2.41. The van der Waals surface area contributed by atoms with Crippen molar-refractivity contribution in [2.75, 3.05) is 65.7 Å². The summed E-state index contributed by atoms with van der Waals surface area (Å²) in [7, 11) is 0. The van der Waals surface area contributed by atoms with Crippen LogP contribution in [0, 0.1) is 5.92 Å². The monoisotopic (exact) mass is 456 g/mol. The second kappa shape index (κ2) is 16.4. The smallest absolute Gasteiger partial charge is 0.191 e. The molecule has 1 aliphatic rings. The SMILES string of the molecule is CCNC(=NCCCOCC1CCOC1)NCCN(CC)CC.I. The Kier molecular flexibility index (Phi) is 16.3. The van der Waals surface area contributed by atoms with Crippen molar-refractivity contribution in [2.24, 2.45) is 10.9 Å². The zero-order valence-corrected chi connectivity index (χ0v) is 18.0. The van der Waals surface area contributed by atoms with E-state index in [1.54, 1.807) is 0 Å². The summed E-state index contributed by atoms with van der Waals surface area (Å²) in [5, 5.41) is 6.69. The predicted octanol–water partition coefficient (Wildman–Crippen LogP) is 1.94. The molecule has 0 spiro atoms. The normalized spacial score (nSPS) is 17.8. The van der Waals surface area contributed by atoms with Crippen LogP contribution < -0.4 is 10.6 Å². The van der Waals surface area contributed by atoms with Crippen LogP contribution in [0.3, 0.4) is 0 Å². The summed E-state index contributed by atoms with van der Waals surface area (Å²) in [5.41, 5.74) is 0. The number of hydrogen-bond donors (Lipinski definition) is 2. The van der Waals surface area contributed by atoms with E-state index >= 15 is 0 Å². The van der Waals surface area contributed by atoms with Gasteiger partial charge in [-0.2, -0.15) is 0 Å². The third-order valence-corrected chi connectivity index (χ3v) is 4.05. The van der Waals surface area contributed by atoms with Gasteiger partial charge in [-0.1, -0.05) is 13.8 Å². The lowest BCUT2D eigenvalue weighted by Gasteiger charge is -2.19. The van der Waals surface area contributed by atoms with Gasteiger partial charge in [0, 0.05) is 45.3 Å². The average molecular weight is 456 g/mol. The highest BCUT2D eigenvalue weighted by Gasteiger charge is 2.15. The first kappa shape index (κ1) is 23.9. The van der Waals surface area contributed by atoms with Crippen molar-refractivity contribution >= 4 is 29.9 Å². The molecule has 0 amide bonds. The zero-order chi connectivity index (χ0) is 16.8. The van der Waals surface area contributed by atoms with Crippen LogP contribution in [0.1, 0.15) is 33.6 Å². The Balaban J connectivity index is 0.00000529. The van der Waals surface area contributed by atoms with E-state index in [0.29, 0.717) is 5.92 Å². The van der Waals surface area contributed by atoms with E-state index < -0.39 is 0 Å². The number of nitrogens with zero attached hydrogens (tertiary/aromatic N) is 2. The highest BCUT2D eigenvalue weighted by Crippen LogP contribution is 2.12. The van der Waals surface area contributed by atoms with E-state index in [1.165, 1.54) is 0 Å². The van der Waals surface area contributed by atoms with Gasteiger partial charge in [-0.05, 0) is 32.9 Å². The van der Waals surface area contributed by atoms with Gasteiger partial charge >= 0.3 is 0 Å². The van der Waals surface area contributed by atoms with Crippen LogP contribution in [0.15, 0.2) is 4.99 Å². The van der Waals surface area contributed by atoms with Crippen molar-refractivity contribution in [2.45, 2.75) is 33.6 Å². The molecule has 144 valence electrons. The summed E-state index contributed by atoms with van der Waals surface area (Å²) in [5.74, 6) is 1.50. The van der Waals surface area contributed by atoms with Gasteiger partial charge in [0.25, 0.3) is 0 Å². The lowest BCUT2D eigenvalue weighted by molar-refractivity contribution is 0.0893. The molecule has 1 saturated heterocycles. The number of halogens is 1. The number of rotatable bonds is 12. The molecule has 0 bridgehead atoms. The van der Waals surface area contributed by atoms with Crippen LogP contribution in [0.4, 0.5) is 0 Å². The van der Waals surface area contributed by atoms with Gasteiger partial charge in [0.15, 0.2) is 5.96 Å². The largest absolute Gasteiger partial charge is 0.381 e. The highest BCUT2D eigenvalue weighted by molar-refractivity contribution is 14.0. The maximum atomic E-state index is 5.70. The van der Waals surface area contributed by atoms with Gasteiger partial charge in [-0.15, -0.1) is 24.0 Å². The minimum absolute atomic E-state index is 0. The number of ether oxygens (including phenoxy) is 2. The fourth-order valence-corrected chi connectivity index (χ4v) is 2.54. The van der Waals surface area contributed by atoms with Gasteiger partial charge in [-0.3, -0.25) is 4.99 Å². The summed E-state index contributed by atoms with van der Waals surface area (Å²) in [6.07, 6.45) is 2.10. The Labute approximate surface area is 165 Å². The van der Waals surface area contributed by atoms with E-state index in [9.17, 15) is 0 Å². The van der Waals surface area contributed by atoms with E-state index in [1.807, 2.05) is 0 Å². The van der Waals surface area contributed by atoms with E-state index in [2.05, 4.69) is 41.3 Å². The van der Waals surface area contributed by atoms with E-state index in [4.69, 9.17) is 9.47 Å². The lowest BCUT2D eigenvalue weighted by atomic mass is 10.1. The van der Waals surface area contributed by atoms with Crippen LogP contribution >= 0.6 is 24.0 Å². The minimum Gasteiger partial charge on any atom is -0.381 e. The van der Waals surface area contributed by atoms with Crippen LogP contribution in [-0.4, -0.2) is 76.6 Å². The van der Waals surface area contributed by atoms with Gasteiger partial charge in [0.1, 0.15) is 0 Å². The molecule has 1 aliphatic heterocycles. The molecule has 2 N–H and O–H groups in total.